The van der Waals surface area contributed by atoms with E-state index in [1.54, 1.807) is 0 Å². The van der Waals surface area contributed by atoms with Gasteiger partial charge in [0, 0.05) is 0 Å². The van der Waals surface area contributed by atoms with Crippen LogP contribution in [-0.4, -0.2) is 0 Å². The van der Waals surface area contributed by atoms with E-state index in [9.17, 15) is 0 Å². The fourth-order valence-electron chi connectivity index (χ4n) is 1.15. The molecule has 0 saturated heterocycles. The zero-order valence-electron chi connectivity index (χ0n) is 8.02. The summed E-state index contributed by atoms with van der Waals surface area (Å²) in [5.74, 6) is 0. The molecular weight excluding hydrogens is 156 g/mol. The van der Waals surface area contributed by atoms with Crippen LogP contribution in [0, 0.1) is 6.42 Å². The van der Waals surface area contributed by atoms with E-state index in [4.69, 9.17) is 0 Å². The zero-order chi connectivity index (χ0) is 9.19. The second kappa shape index (κ2) is 7.60. The molecule has 69 valence electrons. The van der Waals surface area contributed by atoms with Gasteiger partial charge in [0.15, 0.2) is 0 Å². The molecule has 0 aromatic heterocycles. The van der Waals surface area contributed by atoms with E-state index in [1.165, 1.54) is 0 Å². The van der Waals surface area contributed by atoms with E-state index in [0.29, 0.717) is 0 Å². The molecule has 0 aromatic carbocycles. The van der Waals surface area contributed by atoms with Gasteiger partial charge in [-0.3, -0.25) is 0 Å². The predicted octanol–water partition coefficient (Wildman–Crippen LogP) is 3.99. The molecule has 0 spiro atoms. The second-order valence-electron chi connectivity index (χ2n) is 3.04. The maximum atomic E-state index is 2.25. The molecule has 1 aliphatic rings. The van der Waals surface area contributed by atoms with Gasteiger partial charge in [-0.25, -0.2) is 0 Å². The Kier molecular flexibility index (Phi) is 5.87. The van der Waals surface area contributed by atoms with Crippen molar-refractivity contribution >= 4 is 0 Å². The first-order chi connectivity index (χ1) is 6.50. The summed E-state index contributed by atoms with van der Waals surface area (Å²) in [6, 6.07) is 0. The average molecular weight is 173 g/mol. The Morgan fingerprint density at radius 1 is 0.538 bits per heavy atom. The van der Waals surface area contributed by atoms with Crippen LogP contribution in [-0.2, 0) is 0 Å². The van der Waals surface area contributed by atoms with Crippen LogP contribution in [0.25, 0.3) is 0 Å². The van der Waals surface area contributed by atoms with Gasteiger partial charge < -0.3 is 0 Å². The van der Waals surface area contributed by atoms with Crippen LogP contribution in [0.4, 0.5) is 0 Å². The summed E-state index contributed by atoms with van der Waals surface area (Å²) in [5, 5.41) is 0. The fraction of sp³-hybridized carbons (Fsp3) is 0.308. The molecule has 0 aliphatic heterocycles. The smallest absolute Gasteiger partial charge is 0.0166 e. The van der Waals surface area contributed by atoms with E-state index >= 15 is 0 Å². The van der Waals surface area contributed by atoms with E-state index in [1.807, 2.05) is 0 Å². The van der Waals surface area contributed by atoms with Crippen LogP contribution in [0.2, 0.25) is 0 Å². The van der Waals surface area contributed by atoms with Crippen LogP contribution in [0.1, 0.15) is 25.7 Å². The molecule has 0 fully saturated rings. The van der Waals surface area contributed by atoms with Crippen molar-refractivity contribution in [1.29, 1.82) is 0 Å². The van der Waals surface area contributed by atoms with Gasteiger partial charge in [-0.05, 0) is 32.1 Å². The summed E-state index contributed by atoms with van der Waals surface area (Å²) in [4.78, 5) is 0. The molecule has 0 heteroatoms. The number of allylic oxidation sites excluding steroid dienone is 8. The largest absolute Gasteiger partial charge is 0.0882 e. The molecule has 13 heavy (non-hydrogen) atoms. The van der Waals surface area contributed by atoms with Crippen molar-refractivity contribution in [2.24, 2.45) is 0 Å². The van der Waals surface area contributed by atoms with Crippen LogP contribution < -0.4 is 0 Å². The molecule has 0 amide bonds. The molecule has 0 atom stereocenters. The summed E-state index contributed by atoms with van der Waals surface area (Å²) < 4.78 is 0. The molecule has 0 bridgehead atoms. The highest BCUT2D eigenvalue weighted by atomic mass is 13.9. The monoisotopic (exact) mass is 173 g/mol. The van der Waals surface area contributed by atoms with Gasteiger partial charge in [0.1, 0.15) is 0 Å². The summed E-state index contributed by atoms with van der Waals surface area (Å²) in [5.41, 5.74) is 0. The van der Waals surface area contributed by atoms with Crippen molar-refractivity contribution in [3.8, 4) is 0 Å². The van der Waals surface area contributed by atoms with Gasteiger partial charge >= 0.3 is 0 Å². The predicted molar refractivity (Wildman–Crippen MR) is 59.3 cm³/mol. The van der Waals surface area contributed by atoms with Gasteiger partial charge in [-0.2, -0.15) is 0 Å². The summed E-state index contributed by atoms with van der Waals surface area (Å²) in [7, 11) is 0. The van der Waals surface area contributed by atoms with E-state index in [-0.39, 0.29) is 0 Å². The molecule has 0 N–H and O–H groups in total. The van der Waals surface area contributed by atoms with E-state index in [2.05, 4.69) is 55.0 Å². The Balaban J connectivity index is 2.38. The normalized spacial score (nSPS) is 28.9. The number of hydrogen-bond acceptors (Lipinski definition) is 0. The topological polar surface area (TPSA) is 0 Å². The SMILES string of the molecule is [CH]1/C=C/C/C=C/C=C/C/C=C\CC1. The zero-order valence-corrected chi connectivity index (χ0v) is 8.02. The van der Waals surface area contributed by atoms with Gasteiger partial charge in [0.25, 0.3) is 0 Å². The Labute approximate surface area is 81.4 Å². The standard InChI is InChI=1S/C13H17/c1-2-4-6-8-10-12-13-11-9-7-5-3-1/h1-4,7-11H,5-6,12-13H2/b3-1+,4-2+,9-7+,10-8-. The lowest BCUT2D eigenvalue weighted by Gasteiger charge is -1.88. The van der Waals surface area contributed by atoms with Gasteiger partial charge in [-0.15, -0.1) is 0 Å². The average Bonchev–Trinajstić information content (AvgIpc) is 2.18. The lowest BCUT2D eigenvalue weighted by atomic mass is 10.2. The molecular formula is C13H17. The molecule has 0 aromatic rings. The van der Waals surface area contributed by atoms with Crippen LogP contribution in [0.5, 0.6) is 0 Å². The second-order valence-corrected chi connectivity index (χ2v) is 3.04. The van der Waals surface area contributed by atoms with Gasteiger partial charge in [0.05, 0.1) is 0 Å². The lowest BCUT2D eigenvalue weighted by molar-refractivity contribution is 0.997. The quantitative estimate of drug-likeness (QED) is 0.486. The highest BCUT2D eigenvalue weighted by molar-refractivity contribution is 5.08. The van der Waals surface area contributed by atoms with Crippen LogP contribution in [0.15, 0.2) is 48.6 Å². The first kappa shape index (κ1) is 10.0. The van der Waals surface area contributed by atoms with E-state index in [0.717, 1.165) is 25.7 Å². The minimum atomic E-state index is 1.04. The Morgan fingerprint density at radius 3 is 2.08 bits per heavy atom. The molecule has 0 nitrogen and oxygen atoms in total. The third-order valence-electron chi connectivity index (χ3n) is 1.87. The Bertz CT molecular complexity index is 192. The van der Waals surface area contributed by atoms with Gasteiger partial charge in [0.2, 0.25) is 0 Å². The van der Waals surface area contributed by atoms with Crippen LogP contribution in [0.3, 0.4) is 0 Å². The molecule has 0 heterocycles. The van der Waals surface area contributed by atoms with Crippen molar-refractivity contribution in [1.82, 2.24) is 0 Å². The summed E-state index contributed by atoms with van der Waals surface area (Å²) >= 11 is 0. The molecule has 0 unspecified atom stereocenters. The van der Waals surface area contributed by atoms with E-state index < -0.39 is 0 Å². The first-order valence-corrected chi connectivity index (χ1v) is 4.95. The van der Waals surface area contributed by atoms with Crippen molar-refractivity contribution in [3.63, 3.8) is 0 Å². The van der Waals surface area contributed by atoms with Crippen molar-refractivity contribution in [3.05, 3.63) is 55.0 Å². The Morgan fingerprint density at radius 2 is 1.23 bits per heavy atom. The van der Waals surface area contributed by atoms with Crippen LogP contribution >= 0.6 is 0 Å². The number of rotatable bonds is 0. The third-order valence-corrected chi connectivity index (χ3v) is 1.87. The molecule has 1 radical (unpaired) electrons. The molecule has 1 rings (SSSR count). The summed E-state index contributed by atoms with van der Waals surface area (Å²) in [6.07, 6.45) is 24.0. The third kappa shape index (κ3) is 6.15. The Hall–Kier alpha value is -1.04. The minimum Gasteiger partial charge on any atom is -0.0882 e. The summed E-state index contributed by atoms with van der Waals surface area (Å²) in [6.45, 7) is 0. The minimum absolute atomic E-state index is 1.04. The highest BCUT2D eigenvalue weighted by Gasteiger charge is 1.81. The van der Waals surface area contributed by atoms with Crippen molar-refractivity contribution in [2.45, 2.75) is 25.7 Å². The first-order valence-electron chi connectivity index (χ1n) is 4.95. The number of hydrogen-bond donors (Lipinski definition) is 0. The fourth-order valence-corrected chi connectivity index (χ4v) is 1.15. The molecule has 1 aliphatic carbocycles. The highest BCUT2D eigenvalue weighted by Crippen LogP contribution is 2.00. The maximum absolute atomic E-state index is 2.25. The molecule has 0 saturated carbocycles. The van der Waals surface area contributed by atoms with Crippen molar-refractivity contribution < 1.29 is 0 Å². The lowest BCUT2D eigenvalue weighted by Crippen LogP contribution is -1.70. The van der Waals surface area contributed by atoms with Gasteiger partial charge in [-0.1, -0.05) is 48.6 Å². The maximum Gasteiger partial charge on any atom is -0.0166 e. The van der Waals surface area contributed by atoms with Crippen molar-refractivity contribution in [2.75, 3.05) is 0 Å².